The summed E-state index contributed by atoms with van der Waals surface area (Å²) < 4.78 is 0. The molecule has 258 valence electrons. The number of benzene rings is 1. The quantitative estimate of drug-likeness (QED) is 0.164. The fourth-order valence-electron chi connectivity index (χ4n) is 6.47. The van der Waals surface area contributed by atoms with Crippen LogP contribution in [0.5, 0.6) is 0 Å². The summed E-state index contributed by atoms with van der Waals surface area (Å²) in [6, 6.07) is 5.01. The zero-order valence-electron chi connectivity index (χ0n) is 28.8. The fourth-order valence-corrected chi connectivity index (χ4v) is 6.47. The molecule has 1 aromatic rings. The van der Waals surface area contributed by atoms with E-state index in [2.05, 4.69) is 41.7 Å². The van der Waals surface area contributed by atoms with Crippen LogP contribution in [-0.4, -0.2) is 142 Å². The molecule has 3 heterocycles. The number of amidine groups is 1. The van der Waals surface area contributed by atoms with Crippen LogP contribution in [0.15, 0.2) is 35.1 Å². The van der Waals surface area contributed by atoms with Crippen molar-refractivity contribution in [2.45, 2.75) is 52.0 Å². The van der Waals surface area contributed by atoms with Crippen molar-refractivity contribution >= 4 is 35.2 Å². The van der Waals surface area contributed by atoms with E-state index in [1.54, 1.807) is 27.1 Å². The highest BCUT2D eigenvalue weighted by Gasteiger charge is 2.41. The Morgan fingerprint density at radius 2 is 1.66 bits per heavy atom. The van der Waals surface area contributed by atoms with Crippen LogP contribution >= 0.6 is 0 Å². The number of aliphatic imine (C=N–C) groups is 1. The third-order valence-electron chi connectivity index (χ3n) is 9.43. The number of fused-ring (bicyclic) bond motifs is 1. The summed E-state index contributed by atoms with van der Waals surface area (Å²) in [6.45, 7) is 12.0. The van der Waals surface area contributed by atoms with Gasteiger partial charge in [-0.15, -0.1) is 0 Å². The molecule has 0 bridgehead atoms. The number of amides is 4. The van der Waals surface area contributed by atoms with E-state index in [-0.39, 0.29) is 30.0 Å². The second-order valence-corrected chi connectivity index (χ2v) is 12.5. The van der Waals surface area contributed by atoms with Crippen LogP contribution in [-0.2, 0) is 9.59 Å². The highest BCUT2D eigenvalue weighted by atomic mass is 16.2. The van der Waals surface area contributed by atoms with E-state index in [4.69, 9.17) is 0 Å². The van der Waals surface area contributed by atoms with Crippen LogP contribution in [0.25, 0.3) is 0 Å². The van der Waals surface area contributed by atoms with E-state index in [0.717, 1.165) is 69.5 Å². The Morgan fingerprint density at radius 3 is 2.36 bits per heavy atom. The van der Waals surface area contributed by atoms with Gasteiger partial charge in [-0.1, -0.05) is 6.07 Å². The van der Waals surface area contributed by atoms with Crippen molar-refractivity contribution in [1.29, 1.82) is 0 Å². The van der Waals surface area contributed by atoms with Gasteiger partial charge in [0.25, 0.3) is 11.8 Å². The van der Waals surface area contributed by atoms with E-state index in [1.807, 2.05) is 31.0 Å². The van der Waals surface area contributed by atoms with Crippen molar-refractivity contribution in [3.05, 3.63) is 41.2 Å². The standard InChI is InChI=1S/C34H53N9O4/c1-25(12-13-30(44)37-5)43-33(46)27-9-6-10-28(32(27)34(43)47)41-21-23-42(24-22-41)31(45)11-7-15-39-16-8-17-40(20-19-39)18-14-29(36-4)38-26(2)35-3/h6,9-10,14,25,36H,7-8,11-13,15-24H2,1-5H3,(H,35,38)(H,37,44)/b29-14-. The normalized spacial score (nSPS) is 19.0. The molecular weight excluding hydrogens is 598 g/mol. The number of carbonyl (C=O) groups is 4. The second kappa shape index (κ2) is 17.3. The van der Waals surface area contributed by atoms with E-state index in [9.17, 15) is 19.2 Å². The first-order chi connectivity index (χ1) is 22.7. The summed E-state index contributed by atoms with van der Waals surface area (Å²) >= 11 is 0. The van der Waals surface area contributed by atoms with Crippen LogP contribution in [0, 0.1) is 0 Å². The SMILES string of the molecule is CN=C(C)N/C(=C\CN1CCCN(CCCC(=O)N2CCN(c3cccc4c3C(=O)N(C(C)CCC(=O)NC)C4=O)CC2)CC1)NC. The molecule has 13 heteroatoms. The summed E-state index contributed by atoms with van der Waals surface area (Å²) in [7, 11) is 5.25. The van der Waals surface area contributed by atoms with Crippen LogP contribution in [0.4, 0.5) is 5.69 Å². The predicted molar refractivity (Wildman–Crippen MR) is 185 cm³/mol. The molecule has 2 fully saturated rings. The van der Waals surface area contributed by atoms with Crippen LogP contribution < -0.4 is 20.9 Å². The van der Waals surface area contributed by atoms with E-state index < -0.39 is 6.04 Å². The average molecular weight is 652 g/mol. The molecule has 13 nitrogen and oxygen atoms in total. The molecule has 3 aliphatic heterocycles. The van der Waals surface area contributed by atoms with Gasteiger partial charge >= 0.3 is 0 Å². The Balaban J connectivity index is 1.22. The largest absolute Gasteiger partial charge is 0.375 e. The molecule has 1 atom stereocenters. The third kappa shape index (κ3) is 9.32. The second-order valence-electron chi connectivity index (χ2n) is 12.5. The molecule has 2 saturated heterocycles. The van der Waals surface area contributed by atoms with Gasteiger partial charge in [0.05, 0.1) is 22.6 Å². The summed E-state index contributed by atoms with van der Waals surface area (Å²) in [6.07, 6.45) is 5.27. The van der Waals surface area contributed by atoms with Crippen molar-refractivity contribution in [3.8, 4) is 0 Å². The van der Waals surface area contributed by atoms with Gasteiger partial charge in [0, 0.05) is 85.8 Å². The highest BCUT2D eigenvalue weighted by Crippen LogP contribution is 2.34. The minimum atomic E-state index is -0.392. The van der Waals surface area contributed by atoms with E-state index in [0.29, 0.717) is 50.1 Å². The maximum Gasteiger partial charge on any atom is 0.263 e. The Hall–Kier alpha value is -3.97. The third-order valence-corrected chi connectivity index (χ3v) is 9.43. The Morgan fingerprint density at radius 1 is 0.936 bits per heavy atom. The Labute approximate surface area is 279 Å². The number of hydrogen-bond donors (Lipinski definition) is 3. The highest BCUT2D eigenvalue weighted by molar-refractivity contribution is 6.24. The first-order valence-electron chi connectivity index (χ1n) is 16.9. The van der Waals surface area contributed by atoms with Gasteiger partial charge in [0.1, 0.15) is 5.82 Å². The molecular formula is C34H53N9O4. The average Bonchev–Trinajstić information content (AvgIpc) is 3.20. The number of carbonyl (C=O) groups excluding carboxylic acids is 4. The number of nitrogens with zero attached hydrogens (tertiary/aromatic N) is 6. The van der Waals surface area contributed by atoms with Crippen molar-refractivity contribution in [3.63, 3.8) is 0 Å². The number of hydrogen-bond acceptors (Lipinski definition) is 9. The molecule has 0 radical (unpaired) electrons. The molecule has 4 rings (SSSR count). The molecule has 3 N–H and O–H groups in total. The van der Waals surface area contributed by atoms with Crippen molar-refractivity contribution in [2.24, 2.45) is 4.99 Å². The lowest BCUT2D eigenvalue weighted by molar-refractivity contribution is -0.131. The first kappa shape index (κ1) is 35.9. The minimum absolute atomic E-state index is 0.120. The number of piperazine rings is 1. The lowest BCUT2D eigenvalue weighted by Crippen LogP contribution is -2.49. The molecule has 4 amide bonds. The Bertz CT molecular complexity index is 1340. The first-order valence-corrected chi connectivity index (χ1v) is 16.9. The zero-order valence-corrected chi connectivity index (χ0v) is 28.8. The van der Waals surface area contributed by atoms with Gasteiger partial charge in [0.2, 0.25) is 11.8 Å². The zero-order chi connectivity index (χ0) is 33.9. The maximum absolute atomic E-state index is 13.5. The monoisotopic (exact) mass is 651 g/mol. The van der Waals surface area contributed by atoms with Crippen LogP contribution in [0.2, 0.25) is 0 Å². The summed E-state index contributed by atoms with van der Waals surface area (Å²) in [5.74, 6) is 1.25. The van der Waals surface area contributed by atoms with E-state index in [1.165, 1.54) is 4.90 Å². The van der Waals surface area contributed by atoms with Gasteiger partial charge in [-0.05, 0) is 71.0 Å². The number of imide groups is 1. The Kier molecular flexibility index (Phi) is 13.2. The van der Waals surface area contributed by atoms with Gasteiger partial charge in [0.15, 0.2) is 0 Å². The maximum atomic E-state index is 13.5. The van der Waals surface area contributed by atoms with Crippen molar-refractivity contribution < 1.29 is 19.2 Å². The molecule has 3 aliphatic rings. The molecule has 0 aromatic heterocycles. The number of anilines is 1. The summed E-state index contributed by atoms with van der Waals surface area (Å²) in [5, 5.41) is 9.04. The molecule has 1 aromatic carbocycles. The van der Waals surface area contributed by atoms with Crippen LogP contribution in [0.1, 0.15) is 66.7 Å². The predicted octanol–water partition coefficient (Wildman–Crippen LogP) is 1.33. The molecule has 0 aliphatic carbocycles. The van der Waals surface area contributed by atoms with Crippen LogP contribution in [0.3, 0.4) is 0 Å². The molecule has 0 spiro atoms. The fraction of sp³-hybridized carbons (Fsp3) is 0.618. The molecule has 0 saturated carbocycles. The van der Waals surface area contributed by atoms with Crippen molar-refractivity contribution in [1.82, 2.24) is 35.6 Å². The topological polar surface area (TPSA) is 133 Å². The van der Waals surface area contributed by atoms with Gasteiger partial charge < -0.3 is 30.7 Å². The number of rotatable bonds is 13. The lowest BCUT2D eigenvalue weighted by atomic mass is 10.1. The summed E-state index contributed by atoms with van der Waals surface area (Å²) in [4.78, 5) is 66.0. The van der Waals surface area contributed by atoms with Gasteiger partial charge in [-0.25, -0.2) is 0 Å². The molecule has 47 heavy (non-hydrogen) atoms. The summed E-state index contributed by atoms with van der Waals surface area (Å²) in [5.41, 5.74) is 1.57. The number of nitrogens with one attached hydrogen (secondary N) is 3. The van der Waals surface area contributed by atoms with Gasteiger partial charge in [-0.2, -0.15) is 0 Å². The van der Waals surface area contributed by atoms with E-state index >= 15 is 0 Å². The lowest BCUT2D eigenvalue weighted by Gasteiger charge is -2.37. The van der Waals surface area contributed by atoms with Gasteiger partial charge in [-0.3, -0.25) is 34.0 Å². The smallest absolute Gasteiger partial charge is 0.263 e. The molecule has 1 unspecified atom stereocenters. The van der Waals surface area contributed by atoms with Crippen molar-refractivity contribution in [2.75, 3.05) is 91.5 Å². The minimum Gasteiger partial charge on any atom is -0.375 e.